The van der Waals surface area contributed by atoms with Gasteiger partial charge in [-0.25, -0.2) is 0 Å². The Kier molecular flexibility index (Phi) is 5.75. The van der Waals surface area contributed by atoms with Crippen molar-refractivity contribution in [3.8, 4) is 0 Å². The molecule has 1 amide bonds. The summed E-state index contributed by atoms with van der Waals surface area (Å²) < 4.78 is 1.65. The van der Waals surface area contributed by atoms with E-state index in [-0.39, 0.29) is 23.7 Å². The molecule has 1 rings (SSSR count). The smallest absolute Gasteiger partial charge is 0.307 e. The zero-order valence-corrected chi connectivity index (χ0v) is 11.9. The Morgan fingerprint density at radius 3 is 2.63 bits per heavy atom. The number of thiazole rings is 1. The average Bonchev–Trinajstić information content (AvgIpc) is 2.67. The Balaban J connectivity index is 2.35. The third-order valence-corrected chi connectivity index (χ3v) is 3.72. The molecule has 1 aromatic rings. The van der Waals surface area contributed by atoms with Gasteiger partial charge < -0.3 is 14.6 Å². The average molecular weight is 286 g/mol. The molecule has 6 nitrogen and oxygen atoms in total. The molecule has 0 saturated heterocycles. The van der Waals surface area contributed by atoms with Gasteiger partial charge >= 0.3 is 10.8 Å². The fourth-order valence-corrected chi connectivity index (χ4v) is 2.40. The lowest BCUT2D eigenvalue weighted by Gasteiger charge is -2.15. The quantitative estimate of drug-likeness (QED) is 0.808. The Morgan fingerprint density at radius 1 is 1.42 bits per heavy atom. The fourth-order valence-electron chi connectivity index (χ4n) is 1.64. The van der Waals surface area contributed by atoms with Gasteiger partial charge in [0.1, 0.15) is 0 Å². The lowest BCUT2D eigenvalue weighted by Crippen LogP contribution is -2.29. The zero-order chi connectivity index (χ0) is 14.4. The number of hydrogen-bond donors (Lipinski definition) is 1. The van der Waals surface area contributed by atoms with Gasteiger partial charge in [-0.3, -0.25) is 14.4 Å². The lowest BCUT2D eigenvalue weighted by molar-refractivity contribution is -0.138. The summed E-state index contributed by atoms with van der Waals surface area (Å²) in [6.45, 7) is 2.59. The molecule has 0 spiro atoms. The number of carboxylic acids is 1. The molecular formula is C12H18N2O4S. The molecule has 0 aliphatic carbocycles. The van der Waals surface area contributed by atoms with Gasteiger partial charge in [0.05, 0.1) is 6.42 Å². The molecule has 7 heteroatoms. The van der Waals surface area contributed by atoms with Crippen molar-refractivity contribution in [1.82, 2.24) is 9.47 Å². The predicted molar refractivity (Wildman–Crippen MR) is 72.4 cm³/mol. The molecule has 1 aromatic heterocycles. The number of hydrogen-bond acceptors (Lipinski definition) is 4. The summed E-state index contributed by atoms with van der Waals surface area (Å²) in [6, 6.07) is 0. The number of nitrogens with zero attached hydrogens (tertiary/aromatic N) is 2. The molecule has 0 fully saturated rings. The van der Waals surface area contributed by atoms with Crippen LogP contribution in [0.15, 0.2) is 10.2 Å². The Morgan fingerprint density at radius 2 is 2.11 bits per heavy atom. The molecule has 1 heterocycles. The summed E-state index contributed by atoms with van der Waals surface area (Å²) in [5, 5.41) is 10.3. The van der Waals surface area contributed by atoms with Crippen LogP contribution < -0.4 is 4.87 Å². The summed E-state index contributed by atoms with van der Waals surface area (Å²) in [5.74, 6) is -1.01. The highest BCUT2D eigenvalue weighted by Crippen LogP contribution is 2.04. The Hall–Kier alpha value is -1.63. The monoisotopic (exact) mass is 286 g/mol. The largest absolute Gasteiger partial charge is 0.481 e. The van der Waals surface area contributed by atoms with E-state index in [1.165, 1.54) is 4.90 Å². The first-order valence-electron chi connectivity index (χ1n) is 6.02. The van der Waals surface area contributed by atoms with Crippen LogP contribution in [-0.4, -0.2) is 40.0 Å². The molecule has 1 N–H and O–H groups in total. The van der Waals surface area contributed by atoms with Crippen molar-refractivity contribution < 1.29 is 14.7 Å². The molecule has 106 valence electrons. The van der Waals surface area contributed by atoms with Crippen molar-refractivity contribution in [2.45, 2.75) is 32.7 Å². The molecule has 19 heavy (non-hydrogen) atoms. The maximum atomic E-state index is 11.7. The summed E-state index contributed by atoms with van der Waals surface area (Å²) in [5.41, 5.74) is 0.904. The number of aryl methyl sites for hydroxylation is 1. The van der Waals surface area contributed by atoms with E-state index in [1.54, 1.807) is 17.0 Å². The SMILES string of the molecule is Cc1csc(=O)n1CCCC(=O)N(C)CCC(=O)O. The maximum absolute atomic E-state index is 11.7. The molecule has 0 aliphatic rings. The van der Waals surface area contributed by atoms with Crippen molar-refractivity contribution in [2.75, 3.05) is 13.6 Å². The predicted octanol–water partition coefficient (Wildman–Crippen LogP) is 0.932. The minimum Gasteiger partial charge on any atom is -0.481 e. The second-order valence-electron chi connectivity index (χ2n) is 4.36. The standard InChI is InChI=1S/C12H18N2O4S/c1-9-8-19-12(18)14(9)6-3-4-10(15)13(2)7-5-11(16)17/h8H,3-7H2,1-2H3,(H,16,17). The number of rotatable bonds is 7. The first-order chi connectivity index (χ1) is 8.91. The summed E-state index contributed by atoms with van der Waals surface area (Å²) >= 11 is 1.15. The number of aromatic nitrogens is 1. The fraction of sp³-hybridized carbons (Fsp3) is 0.583. The highest BCUT2D eigenvalue weighted by atomic mass is 32.1. The van der Waals surface area contributed by atoms with Gasteiger partial charge in [0.15, 0.2) is 0 Å². The van der Waals surface area contributed by atoms with Gasteiger partial charge in [0, 0.05) is 37.6 Å². The van der Waals surface area contributed by atoms with E-state index >= 15 is 0 Å². The summed E-state index contributed by atoms with van der Waals surface area (Å²) in [7, 11) is 1.59. The highest BCUT2D eigenvalue weighted by Gasteiger charge is 2.10. The molecular weight excluding hydrogens is 268 g/mol. The Labute approximate surface area is 115 Å². The third-order valence-electron chi connectivity index (χ3n) is 2.84. The van der Waals surface area contributed by atoms with Crippen LogP contribution in [0.5, 0.6) is 0 Å². The minimum absolute atomic E-state index is 0.0100. The van der Waals surface area contributed by atoms with Gasteiger partial charge in [-0.1, -0.05) is 11.3 Å². The maximum Gasteiger partial charge on any atom is 0.307 e. The van der Waals surface area contributed by atoms with Crippen LogP contribution in [0.3, 0.4) is 0 Å². The van der Waals surface area contributed by atoms with Crippen molar-refractivity contribution in [1.29, 1.82) is 0 Å². The first-order valence-corrected chi connectivity index (χ1v) is 6.90. The van der Waals surface area contributed by atoms with E-state index in [2.05, 4.69) is 0 Å². The van der Waals surface area contributed by atoms with Crippen LogP contribution in [0.4, 0.5) is 0 Å². The van der Waals surface area contributed by atoms with E-state index in [0.717, 1.165) is 17.0 Å². The second-order valence-corrected chi connectivity index (χ2v) is 5.18. The minimum atomic E-state index is -0.917. The number of carbonyl (C=O) groups is 2. The van der Waals surface area contributed by atoms with E-state index in [4.69, 9.17) is 5.11 Å². The topological polar surface area (TPSA) is 79.6 Å². The van der Waals surface area contributed by atoms with Gasteiger partial charge in [-0.05, 0) is 13.3 Å². The van der Waals surface area contributed by atoms with E-state index < -0.39 is 5.97 Å². The van der Waals surface area contributed by atoms with Crippen molar-refractivity contribution in [3.63, 3.8) is 0 Å². The Bertz CT molecular complexity index is 506. The first kappa shape index (κ1) is 15.4. The van der Waals surface area contributed by atoms with Gasteiger partial charge in [0.25, 0.3) is 0 Å². The zero-order valence-electron chi connectivity index (χ0n) is 11.1. The molecule has 0 atom stereocenters. The number of aliphatic carboxylic acids is 1. The van der Waals surface area contributed by atoms with Crippen LogP contribution >= 0.6 is 11.3 Å². The third kappa shape index (κ3) is 4.86. The molecule has 0 aliphatic heterocycles. The van der Waals surface area contributed by atoms with Crippen LogP contribution in [0, 0.1) is 6.92 Å². The second kappa shape index (κ2) is 7.08. The molecule has 0 bridgehead atoms. The van der Waals surface area contributed by atoms with E-state index in [1.807, 2.05) is 6.92 Å². The number of amides is 1. The summed E-state index contributed by atoms with van der Waals surface area (Å²) in [4.78, 5) is 34.9. The lowest BCUT2D eigenvalue weighted by atomic mass is 10.2. The van der Waals surface area contributed by atoms with Gasteiger partial charge in [-0.2, -0.15) is 0 Å². The van der Waals surface area contributed by atoms with E-state index in [9.17, 15) is 14.4 Å². The molecule has 0 unspecified atom stereocenters. The van der Waals surface area contributed by atoms with Crippen LogP contribution in [0.25, 0.3) is 0 Å². The van der Waals surface area contributed by atoms with Crippen molar-refractivity contribution in [2.24, 2.45) is 0 Å². The van der Waals surface area contributed by atoms with Crippen LogP contribution in [0.1, 0.15) is 25.0 Å². The molecule has 0 aromatic carbocycles. The van der Waals surface area contributed by atoms with Crippen molar-refractivity contribution in [3.05, 3.63) is 20.7 Å². The van der Waals surface area contributed by atoms with Crippen LogP contribution in [0.2, 0.25) is 0 Å². The molecule has 0 radical (unpaired) electrons. The number of carbonyl (C=O) groups excluding carboxylic acids is 1. The van der Waals surface area contributed by atoms with Crippen LogP contribution in [-0.2, 0) is 16.1 Å². The van der Waals surface area contributed by atoms with Gasteiger partial charge in [0.2, 0.25) is 5.91 Å². The van der Waals surface area contributed by atoms with E-state index in [0.29, 0.717) is 19.4 Å². The number of carboxylic acid groups (broad SMARTS) is 1. The summed E-state index contributed by atoms with van der Waals surface area (Å²) in [6.07, 6.45) is 0.844. The highest BCUT2D eigenvalue weighted by molar-refractivity contribution is 7.07. The van der Waals surface area contributed by atoms with Gasteiger partial charge in [-0.15, -0.1) is 0 Å². The normalized spacial score (nSPS) is 10.4. The molecule has 0 saturated carbocycles. The van der Waals surface area contributed by atoms with Crippen molar-refractivity contribution >= 4 is 23.2 Å².